The molecule has 1 aromatic rings. The molecule has 0 aliphatic heterocycles. The van der Waals surface area contributed by atoms with Crippen LogP contribution < -0.4 is 0 Å². The molecule has 0 heterocycles. The number of rotatable bonds is 2. The van der Waals surface area contributed by atoms with Gasteiger partial charge in [-0.15, -0.1) is 0 Å². The zero-order valence-corrected chi connectivity index (χ0v) is 8.04. The van der Waals surface area contributed by atoms with Gasteiger partial charge in [0.25, 0.3) is 0 Å². The Morgan fingerprint density at radius 2 is 2.08 bits per heavy atom. The molecule has 1 rings (SSSR count). The fourth-order valence-corrected chi connectivity index (χ4v) is 1.06. The van der Waals surface area contributed by atoms with E-state index in [0.717, 1.165) is 11.3 Å². The molecular formula is C10H9ClN2. The molecular weight excluding hydrogens is 184 g/mol. The van der Waals surface area contributed by atoms with Crippen LogP contribution in [0.1, 0.15) is 12.5 Å². The number of nitriles is 1. The molecule has 0 saturated heterocycles. The summed E-state index contributed by atoms with van der Waals surface area (Å²) < 4.78 is 0. The lowest BCUT2D eigenvalue weighted by molar-refractivity contribution is 1.23. The second kappa shape index (κ2) is 4.64. The lowest BCUT2D eigenvalue weighted by atomic mass is 10.1. The maximum absolute atomic E-state index is 8.33. The minimum atomic E-state index is 0.203. The third-order valence-corrected chi connectivity index (χ3v) is 1.90. The Morgan fingerprint density at radius 3 is 2.62 bits per heavy atom. The van der Waals surface area contributed by atoms with E-state index in [1.54, 1.807) is 0 Å². The van der Waals surface area contributed by atoms with Gasteiger partial charge in [-0.25, -0.2) is 0 Å². The highest BCUT2D eigenvalue weighted by atomic mass is 35.5. The molecule has 0 fully saturated rings. The first-order valence-corrected chi connectivity index (χ1v) is 4.26. The van der Waals surface area contributed by atoms with E-state index in [4.69, 9.17) is 16.9 Å². The van der Waals surface area contributed by atoms with Crippen molar-refractivity contribution < 1.29 is 0 Å². The monoisotopic (exact) mass is 192 g/mol. The van der Waals surface area contributed by atoms with Gasteiger partial charge in [0.05, 0.1) is 6.07 Å². The van der Waals surface area contributed by atoms with Crippen LogP contribution in [0.4, 0.5) is 0 Å². The van der Waals surface area contributed by atoms with Crippen LogP contribution in [0.25, 0.3) is 0 Å². The summed E-state index contributed by atoms with van der Waals surface area (Å²) in [6.07, 6.45) is 0. The van der Waals surface area contributed by atoms with Gasteiger partial charge in [-0.3, -0.25) is 4.99 Å². The zero-order valence-electron chi connectivity index (χ0n) is 7.29. The summed E-state index contributed by atoms with van der Waals surface area (Å²) >= 11 is 5.73. The van der Waals surface area contributed by atoms with Gasteiger partial charge in [-0.1, -0.05) is 23.7 Å². The summed E-state index contributed by atoms with van der Waals surface area (Å²) in [5.74, 6) is 0. The minimum absolute atomic E-state index is 0.203. The molecule has 1 aromatic carbocycles. The largest absolute Gasteiger partial charge is 0.274 e. The summed E-state index contributed by atoms with van der Waals surface area (Å²) in [5.41, 5.74) is 1.86. The van der Waals surface area contributed by atoms with Crippen molar-refractivity contribution in [2.45, 2.75) is 6.92 Å². The molecule has 0 atom stereocenters. The molecule has 0 aliphatic rings. The van der Waals surface area contributed by atoms with Gasteiger partial charge in [-0.05, 0) is 24.6 Å². The van der Waals surface area contributed by atoms with Gasteiger partial charge in [0, 0.05) is 10.7 Å². The van der Waals surface area contributed by atoms with E-state index >= 15 is 0 Å². The van der Waals surface area contributed by atoms with Gasteiger partial charge >= 0.3 is 0 Å². The van der Waals surface area contributed by atoms with Crippen LogP contribution in [0.15, 0.2) is 29.3 Å². The number of halogens is 1. The Kier molecular flexibility index (Phi) is 3.48. The van der Waals surface area contributed by atoms with Crippen molar-refractivity contribution in [3.05, 3.63) is 34.9 Å². The van der Waals surface area contributed by atoms with E-state index in [-0.39, 0.29) is 6.54 Å². The molecule has 0 saturated carbocycles. The fourth-order valence-electron chi connectivity index (χ4n) is 0.936. The van der Waals surface area contributed by atoms with Crippen LogP contribution in [-0.4, -0.2) is 12.3 Å². The molecule has 0 spiro atoms. The third kappa shape index (κ3) is 2.89. The van der Waals surface area contributed by atoms with Crippen molar-refractivity contribution >= 4 is 17.3 Å². The summed E-state index contributed by atoms with van der Waals surface area (Å²) in [6, 6.07) is 9.36. The summed E-state index contributed by atoms with van der Waals surface area (Å²) in [5, 5.41) is 9.03. The Labute approximate surface area is 82.5 Å². The minimum Gasteiger partial charge on any atom is -0.274 e. The molecule has 0 amide bonds. The van der Waals surface area contributed by atoms with E-state index in [2.05, 4.69) is 4.99 Å². The molecule has 66 valence electrons. The van der Waals surface area contributed by atoms with Crippen molar-refractivity contribution in [2.75, 3.05) is 6.54 Å². The number of aliphatic imine (C=N–C) groups is 1. The van der Waals surface area contributed by atoms with Crippen LogP contribution in [-0.2, 0) is 0 Å². The summed E-state index contributed by atoms with van der Waals surface area (Å²) in [6.45, 7) is 2.08. The predicted octanol–water partition coefficient (Wildman–Crippen LogP) is 2.67. The lowest BCUT2D eigenvalue weighted by Crippen LogP contribution is -1.94. The van der Waals surface area contributed by atoms with Crippen LogP contribution in [0.3, 0.4) is 0 Å². The van der Waals surface area contributed by atoms with E-state index in [0.29, 0.717) is 5.02 Å². The Balaban J connectivity index is 2.84. The second-order valence-electron chi connectivity index (χ2n) is 2.57. The predicted molar refractivity (Wildman–Crippen MR) is 54.1 cm³/mol. The quantitative estimate of drug-likeness (QED) is 0.524. The summed E-state index contributed by atoms with van der Waals surface area (Å²) in [7, 11) is 0. The van der Waals surface area contributed by atoms with E-state index < -0.39 is 0 Å². The molecule has 0 aliphatic carbocycles. The van der Waals surface area contributed by atoms with E-state index in [1.165, 1.54) is 0 Å². The maximum Gasteiger partial charge on any atom is 0.126 e. The first kappa shape index (κ1) is 9.76. The number of hydrogen-bond acceptors (Lipinski definition) is 2. The first-order chi connectivity index (χ1) is 6.24. The standard InChI is InChI=1S/C10H9ClN2/c1-8(13-7-6-12)9-2-4-10(11)5-3-9/h2-5H,7H2,1H3. The maximum atomic E-state index is 8.33. The second-order valence-corrected chi connectivity index (χ2v) is 3.00. The smallest absolute Gasteiger partial charge is 0.126 e. The van der Waals surface area contributed by atoms with E-state index in [1.807, 2.05) is 37.3 Å². The van der Waals surface area contributed by atoms with Crippen LogP contribution in [0.5, 0.6) is 0 Å². The molecule has 0 bridgehead atoms. The van der Waals surface area contributed by atoms with Gasteiger partial charge in [0.2, 0.25) is 0 Å². The average Bonchev–Trinajstić information content (AvgIpc) is 2.15. The molecule has 13 heavy (non-hydrogen) atoms. The highest BCUT2D eigenvalue weighted by molar-refractivity contribution is 6.30. The normalized spacial score (nSPS) is 11.0. The van der Waals surface area contributed by atoms with Crippen LogP contribution in [0, 0.1) is 11.3 Å². The number of benzene rings is 1. The van der Waals surface area contributed by atoms with Crippen molar-refractivity contribution in [3.8, 4) is 6.07 Å². The van der Waals surface area contributed by atoms with E-state index in [9.17, 15) is 0 Å². The summed E-state index contributed by atoms with van der Waals surface area (Å²) in [4.78, 5) is 4.06. The van der Waals surface area contributed by atoms with Crippen molar-refractivity contribution in [1.82, 2.24) is 0 Å². The topological polar surface area (TPSA) is 36.1 Å². The molecule has 0 aromatic heterocycles. The van der Waals surface area contributed by atoms with Crippen molar-refractivity contribution in [3.63, 3.8) is 0 Å². The van der Waals surface area contributed by atoms with Gasteiger partial charge in [0.15, 0.2) is 0 Å². The Hall–Kier alpha value is -1.33. The fraction of sp³-hybridized carbons (Fsp3) is 0.200. The van der Waals surface area contributed by atoms with Crippen LogP contribution in [0.2, 0.25) is 5.02 Å². The molecule has 0 radical (unpaired) electrons. The number of hydrogen-bond donors (Lipinski definition) is 0. The van der Waals surface area contributed by atoms with Gasteiger partial charge < -0.3 is 0 Å². The molecule has 0 N–H and O–H groups in total. The Morgan fingerprint density at radius 1 is 1.46 bits per heavy atom. The molecule has 2 nitrogen and oxygen atoms in total. The molecule has 3 heteroatoms. The van der Waals surface area contributed by atoms with Gasteiger partial charge in [0.1, 0.15) is 6.54 Å². The highest BCUT2D eigenvalue weighted by Gasteiger charge is 1.95. The number of nitrogens with zero attached hydrogens (tertiary/aromatic N) is 2. The Bertz CT molecular complexity index is 346. The zero-order chi connectivity index (χ0) is 9.68. The average molecular weight is 193 g/mol. The SMILES string of the molecule is CC(=NCC#N)c1ccc(Cl)cc1. The lowest BCUT2D eigenvalue weighted by Gasteiger charge is -1.98. The highest BCUT2D eigenvalue weighted by Crippen LogP contribution is 2.10. The van der Waals surface area contributed by atoms with Crippen LogP contribution >= 0.6 is 11.6 Å². The first-order valence-electron chi connectivity index (χ1n) is 3.88. The third-order valence-electron chi connectivity index (χ3n) is 1.65. The van der Waals surface area contributed by atoms with Gasteiger partial charge in [-0.2, -0.15) is 5.26 Å². The van der Waals surface area contributed by atoms with Crippen molar-refractivity contribution in [2.24, 2.45) is 4.99 Å². The molecule has 0 unspecified atom stereocenters. The van der Waals surface area contributed by atoms with Crippen molar-refractivity contribution in [1.29, 1.82) is 5.26 Å².